The summed E-state index contributed by atoms with van der Waals surface area (Å²) in [5.74, 6) is -0.359. The molecule has 5 nitrogen and oxygen atoms in total. The molecule has 1 unspecified atom stereocenters. The van der Waals surface area contributed by atoms with E-state index in [4.69, 9.17) is 11.6 Å². The van der Waals surface area contributed by atoms with E-state index in [0.717, 1.165) is 19.4 Å². The summed E-state index contributed by atoms with van der Waals surface area (Å²) in [5, 5.41) is 8.78. The second-order valence-corrected chi connectivity index (χ2v) is 4.82. The molecule has 2 amide bonds. The van der Waals surface area contributed by atoms with Crippen LogP contribution < -0.4 is 16.0 Å². The molecule has 19 heavy (non-hydrogen) atoms. The lowest BCUT2D eigenvalue weighted by Gasteiger charge is -2.12. The number of hydrogen-bond donors (Lipinski definition) is 3. The van der Waals surface area contributed by atoms with Gasteiger partial charge in [-0.25, -0.2) is 0 Å². The smallest absolute Gasteiger partial charge is 0.252 e. The molecule has 1 atom stereocenters. The highest BCUT2D eigenvalue weighted by Crippen LogP contribution is 2.21. The van der Waals surface area contributed by atoms with Crippen molar-refractivity contribution in [3.63, 3.8) is 0 Å². The molecule has 1 aromatic rings. The monoisotopic (exact) mass is 281 g/mol. The maximum Gasteiger partial charge on any atom is 0.252 e. The molecule has 1 aromatic carbocycles. The average Bonchev–Trinajstić information content (AvgIpc) is 2.94. The van der Waals surface area contributed by atoms with Gasteiger partial charge in [-0.3, -0.25) is 9.59 Å². The maximum atomic E-state index is 11.9. The summed E-state index contributed by atoms with van der Waals surface area (Å²) in [7, 11) is 1.53. The number of carbonyl (C=O) groups excluding carboxylic acids is 2. The maximum absolute atomic E-state index is 11.9. The molecule has 1 heterocycles. The number of carbonyl (C=O) groups is 2. The van der Waals surface area contributed by atoms with Crippen LogP contribution in [0, 0.1) is 0 Å². The molecular formula is C13H16ClN3O2. The largest absolute Gasteiger partial charge is 0.355 e. The average molecular weight is 282 g/mol. The Bertz CT molecular complexity index is 499. The normalized spacial score (nSPS) is 18.1. The fourth-order valence-electron chi connectivity index (χ4n) is 2.05. The van der Waals surface area contributed by atoms with Gasteiger partial charge in [0.25, 0.3) is 5.91 Å². The quantitative estimate of drug-likeness (QED) is 0.784. The minimum atomic E-state index is -0.278. The van der Waals surface area contributed by atoms with E-state index in [1.54, 1.807) is 18.2 Å². The van der Waals surface area contributed by atoms with Crippen LogP contribution in [0.3, 0.4) is 0 Å². The summed E-state index contributed by atoms with van der Waals surface area (Å²) in [5.41, 5.74) is 0.919. The number of halogens is 1. The minimum Gasteiger partial charge on any atom is -0.355 e. The van der Waals surface area contributed by atoms with Crippen molar-refractivity contribution >= 4 is 29.1 Å². The van der Waals surface area contributed by atoms with Crippen molar-refractivity contribution in [1.82, 2.24) is 10.6 Å². The Kier molecular flexibility index (Phi) is 4.39. The predicted octanol–water partition coefficient (Wildman–Crippen LogP) is 1.39. The zero-order valence-electron chi connectivity index (χ0n) is 10.6. The molecule has 0 saturated carbocycles. The first kappa shape index (κ1) is 13.8. The topological polar surface area (TPSA) is 70.2 Å². The van der Waals surface area contributed by atoms with Crippen LogP contribution in [0.15, 0.2) is 18.2 Å². The Morgan fingerprint density at radius 1 is 1.42 bits per heavy atom. The first-order valence-electron chi connectivity index (χ1n) is 6.17. The van der Waals surface area contributed by atoms with Gasteiger partial charge in [0.1, 0.15) is 0 Å². The van der Waals surface area contributed by atoms with Gasteiger partial charge in [-0.1, -0.05) is 11.6 Å². The van der Waals surface area contributed by atoms with Gasteiger partial charge < -0.3 is 16.0 Å². The van der Waals surface area contributed by atoms with Crippen LogP contribution in [0.25, 0.3) is 0 Å². The van der Waals surface area contributed by atoms with Gasteiger partial charge in [-0.05, 0) is 37.6 Å². The standard InChI is InChI=1S/C13H16ClN3O2/c1-15-12(18)9-7-8(4-5-10(9)14)17-13(19)11-3-2-6-16-11/h4-5,7,11,16H,2-3,6H2,1H3,(H,15,18)(H,17,19). The first-order valence-corrected chi connectivity index (χ1v) is 6.55. The Labute approximate surface area is 116 Å². The zero-order valence-corrected chi connectivity index (χ0v) is 11.4. The number of nitrogens with one attached hydrogen (secondary N) is 3. The highest BCUT2D eigenvalue weighted by atomic mass is 35.5. The van der Waals surface area contributed by atoms with Gasteiger partial charge in [0.15, 0.2) is 0 Å². The van der Waals surface area contributed by atoms with Gasteiger partial charge in [-0.2, -0.15) is 0 Å². The molecular weight excluding hydrogens is 266 g/mol. The molecule has 102 valence electrons. The Balaban J connectivity index is 2.12. The van der Waals surface area contributed by atoms with Crippen molar-refractivity contribution in [1.29, 1.82) is 0 Å². The number of hydrogen-bond acceptors (Lipinski definition) is 3. The van der Waals surface area contributed by atoms with Crippen LogP contribution in [0.2, 0.25) is 5.02 Å². The summed E-state index contributed by atoms with van der Waals surface area (Å²) < 4.78 is 0. The first-order chi connectivity index (χ1) is 9.11. The van der Waals surface area contributed by atoms with Crippen molar-refractivity contribution in [2.24, 2.45) is 0 Å². The number of anilines is 1. The van der Waals surface area contributed by atoms with E-state index in [-0.39, 0.29) is 17.9 Å². The molecule has 1 aliphatic rings. The fourth-order valence-corrected chi connectivity index (χ4v) is 2.25. The predicted molar refractivity (Wildman–Crippen MR) is 74.5 cm³/mol. The van der Waals surface area contributed by atoms with Crippen molar-refractivity contribution in [2.45, 2.75) is 18.9 Å². The van der Waals surface area contributed by atoms with Gasteiger partial charge in [0, 0.05) is 12.7 Å². The fraction of sp³-hybridized carbons (Fsp3) is 0.385. The van der Waals surface area contributed by atoms with Crippen LogP contribution >= 0.6 is 11.6 Å². The van der Waals surface area contributed by atoms with E-state index >= 15 is 0 Å². The third-order valence-electron chi connectivity index (χ3n) is 3.08. The van der Waals surface area contributed by atoms with E-state index in [1.807, 2.05) is 0 Å². The second-order valence-electron chi connectivity index (χ2n) is 4.41. The Morgan fingerprint density at radius 3 is 2.84 bits per heavy atom. The van der Waals surface area contributed by atoms with Crippen LogP contribution in [-0.4, -0.2) is 31.4 Å². The summed E-state index contributed by atoms with van der Waals surface area (Å²) >= 11 is 5.95. The lowest BCUT2D eigenvalue weighted by molar-refractivity contribution is -0.117. The number of amides is 2. The highest BCUT2D eigenvalue weighted by Gasteiger charge is 2.22. The minimum absolute atomic E-state index is 0.0809. The SMILES string of the molecule is CNC(=O)c1cc(NC(=O)C2CCCN2)ccc1Cl. The number of rotatable bonds is 3. The van der Waals surface area contributed by atoms with Crippen LogP contribution in [-0.2, 0) is 4.79 Å². The summed E-state index contributed by atoms with van der Waals surface area (Å²) in [6.07, 6.45) is 1.84. The molecule has 0 bridgehead atoms. The third-order valence-corrected chi connectivity index (χ3v) is 3.41. The van der Waals surface area contributed by atoms with Crippen molar-refractivity contribution in [2.75, 3.05) is 18.9 Å². The van der Waals surface area contributed by atoms with Crippen LogP contribution in [0.5, 0.6) is 0 Å². The van der Waals surface area contributed by atoms with E-state index in [2.05, 4.69) is 16.0 Å². The van der Waals surface area contributed by atoms with Gasteiger partial charge in [0.05, 0.1) is 16.6 Å². The third kappa shape index (κ3) is 3.24. The lowest BCUT2D eigenvalue weighted by atomic mass is 10.1. The molecule has 3 N–H and O–H groups in total. The van der Waals surface area contributed by atoms with E-state index in [0.29, 0.717) is 16.3 Å². The lowest BCUT2D eigenvalue weighted by Crippen LogP contribution is -2.35. The molecule has 1 saturated heterocycles. The summed E-state index contributed by atoms with van der Waals surface area (Å²) in [4.78, 5) is 23.6. The molecule has 6 heteroatoms. The van der Waals surface area contributed by atoms with Gasteiger partial charge >= 0.3 is 0 Å². The van der Waals surface area contributed by atoms with Crippen LogP contribution in [0.1, 0.15) is 23.2 Å². The zero-order chi connectivity index (χ0) is 13.8. The summed E-state index contributed by atoms with van der Waals surface area (Å²) in [6.45, 7) is 0.863. The second kappa shape index (κ2) is 6.04. The molecule has 0 spiro atoms. The van der Waals surface area contributed by atoms with Crippen molar-refractivity contribution in [3.05, 3.63) is 28.8 Å². The van der Waals surface area contributed by atoms with Crippen LogP contribution in [0.4, 0.5) is 5.69 Å². The molecule has 0 aromatic heterocycles. The number of benzene rings is 1. The Hall–Kier alpha value is -1.59. The van der Waals surface area contributed by atoms with E-state index in [9.17, 15) is 9.59 Å². The Morgan fingerprint density at radius 2 is 2.21 bits per heavy atom. The summed E-state index contributed by atoms with van der Waals surface area (Å²) in [6, 6.07) is 4.71. The van der Waals surface area contributed by atoms with Gasteiger partial charge in [0.2, 0.25) is 5.91 Å². The van der Waals surface area contributed by atoms with Crippen molar-refractivity contribution < 1.29 is 9.59 Å². The van der Waals surface area contributed by atoms with Gasteiger partial charge in [-0.15, -0.1) is 0 Å². The van der Waals surface area contributed by atoms with Crippen molar-refractivity contribution in [3.8, 4) is 0 Å². The molecule has 2 rings (SSSR count). The molecule has 0 aliphatic carbocycles. The molecule has 0 radical (unpaired) electrons. The van der Waals surface area contributed by atoms with E-state index < -0.39 is 0 Å². The highest BCUT2D eigenvalue weighted by molar-refractivity contribution is 6.34. The molecule has 1 fully saturated rings. The molecule has 1 aliphatic heterocycles. The van der Waals surface area contributed by atoms with E-state index in [1.165, 1.54) is 7.05 Å².